The molecule has 2 atom stereocenters. The third-order valence-corrected chi connectivity index (χ3v) is 3.90. The molecule has 1 aliphatic heterocycles. The summed E-state index contributed by atoms with van der Waals surface area (Å²) in [6, 6.07) is 0.607. The lowest BCUT2D eigenvalue weighted by atomic mass is 9.92. The zero-order chi connectivity index (χ0) is 12.8. The summed E-state index contributed by atoms with van der Waals surface area (Å²) in [6.45, 7) is 8.58. The molecule has 3 nitrogen and oxygen atoms in total. The van der Waals surface area contributed by atoms with Gasteiger partial charge in [0.05, 0.1) is 7.11 Å². The molecule has 3 heteroatoms. The average Bonchev–Trinajstić information content (AvgIpc) is 2.34. The number of nitrogens with zero attached hydrogens (tertiary/aromatic N) is 1. The molecule has 98 valence electrons. The molecular weight excluding hydrogens is 214 g/mol. The number of esters is 1. The highest BCUT2D eigenvalue weighted by Gasteiger charge is 2.23. The van der Waals surface area contributed by atoms with Crippen molar-refractivity contribution in [1.29, 1.82) is 0 Å². The van der Waals surface area contributed by atoms with Gasteiger partial charge >= 0.3 is 5.97 Å². The van der Waals surface area contributed by atoms with Crippen molar-refractivity contribution in [2.45, 2.75) is 46.1 Å². The van der Waals surface area contributed by atoms with Crippen molar-refractivity contribution in [3.63, 3.8) is 0 Å². The Bertz CT molecular complexity index is 286. The van der Waals surface area contributed by atoms with Gasteiger partial charge in [0.15, 0.2) is 0 Å². The topological polar surface area (TPSA) is 29.5 Å². The van der Waals surface area contributed by atoms with E-state index in [0.717, 1.165) is 31.0 Å². The second-order valence-electron chi connectivity index (χ2n) is 4.93. The van der Waals surface area contributed by atoms with Crippen LogP contribution in [0.25, 0.3) is 0 Å². The van der Waals surface area contributed by atoms with Gasteiger partial charge in [0.2, 0.25) is 0 Å². The maximum atomic E-state index is 11.5. The van der Waals surface area contributed by atoms with Crippen LogP contribution in [0.2, 0.25) is 0 Å². The highest BCUT2D eigenvalue weighted by molar-refractivity contribution is 5.88. The van der Waals surface area contributed by atoms with Gasteiger partial charge in [-0.1, -0.05) is 19.9 Å². The van der Waals surface area contributed by atoms with E-state index in [4.69, 9.17) is 4.74 Å². The molecule has 0 amide bonds. The molecule has 0 spiro atoms. The maximum absolute atomic E-state index is 11.5. The molecule has 1 fully saturated rings. The second kappa shape index (κ2) is 6.80. The predicted octanol–water partition coefficient (Wildman–Crippen LogP) is 2.62. The first-order chi connectivity index (χ1) is 8.10. The number of methoxy groups -OCH3 is 1. The summed E-state index contributed by atoms with van der Waals surface area (Å²) >= 11 is 0. The zero-order valence-corrected chi connectivity index (χ0v) is 11.5. The number of rotatable bonds is 4. The van der Waals surface area contributed by atoms with Crippen molar-refractivity contribution in [2.75, 3.05) is 20.2 Å². The van der Waals surface area contributed by atoms with Crippen molar-refractivity contribution >= 4 is 5.97 Å². The molecular formula is C14H25NO2. The van der Waals surface area contributed by atoms with Gasteiger partial charge in [-0.15, -0.1) is 0 Å². The molecule has 17 heavy (non-hydrogen) atoms. The lowest BCUT2D eigenvalue weighted by Gasteiger charge is -2.37. The van der Waals surface area contributed by atoms with E-state index in [0.29, 0.717) is 6.04 Å². The molecule has 0 saturated carbocycles. The summed E-state index contributed by atoms with van der Waals surface area (Å²) in [5.41, 5.74) is 0.790. The van der Waals surface area contributed by atoms with E-state index in [1.54, 1.807) is 0 Å². The third-order valence-electron chi connectivity index (χ3n) is 3.90. The Labute approximate surface area is 105 Å². The number of likely N-dealkylation sites (tertiary alicyclic amines) is 1. The normalized spacial score (nSPS) is 26.9. The highest BCUT2D eigenvalue weighted by Crippen LogP contribution is 2.22. The Hall–Kier alpha value is -0.830. The van der Waals surface area contributed by atoms with Crippen LogP contribution in [0.5, 0.6) is 0 Å². The quantitative estimate of drug-likeness (QED) is 0.558. The van der Waals surface area contributed by atoms with Gasteiger partial charge < -0.3 is 4.74 Å². The fourth-order valence-electron chi connectivity index (χ4n) is 2.41. The van der Waals surface area contributed by atoms with Crippen LogP contribution >= 0.6 is 0 Å². The van der Waals surface area contributed by atoms with E-state index in [1.165, 1.54) is 20.0 Å². The second-order valence-corrected chi connectivity index (χ2v) is 4.93. The van der Waals surface area contributed by atoms with Crippen LogP contribution in [-0.4, -0.2) is 37.1 Å². The Kier molecular flexibility index (Phi) is 5.69. The van der Waals surface area contributed by atoms with E-state index in [2.05, 4.69) is 18.7 Å². The summed E-state index contributed by atoms with van der Waals surface area (Å²) in [7, 11) is 1.44. The molecule has 0 N–H and O–H groups in total. The van der Waals surface area contributed by atoms with Gasteiger partial charge in [0.25, 0.3) is 0 Å². The Morgan fingerprint density at radius 3 is 2.76 bits per heavy atom. The average molecular weight is 239 g/mol. The van der Waals surface area contributed by atoms with E-state index < -0.39 is 0 Å². The van der Waals surface area contributed by atoms with E-state index in [9.17, 15) is 4.79 Å². The Morgan fingerprint density at radius 1 is 1.47 bits per heavy atom. The smallest absolute Gasteiger partial charge is 0.333 e. The minimum Gasteiger partial charge on any atom is -0.466 e. The van der Waals surface area contributed by atoms with Crippen molar-refractivity contribution in [2.24, 2.45) is 5.92 Å². The van der Waals surface area contributed by atoms with Crippen LogP contribution in [0.15, 0.2) is 11.6 Å². The number of ether oxygens (including phenoxy) is 1. The summed E-state index contributed by atoms with van der Waals surface area (Å²) in [6.07, 6.45) is 5.35. The fourth-order valence-corrected chi connectivity index (χ4v) is 2.41. The zero-order valence-electron chi connectivity index (χ0n) is 11.5. The molecule has 0 aromatic rings. The number of piperidine rings is 1. The number of hydrogen-bond acceptors (Lipinski definition) is 3. The summed E-state index contributed by atoms with van der Waals surface area (Å²) < 4.78 is 4.77. The predicted molar refractivity (Wildman–Crippen MR) is 69.8 cm³/mol. The third kappa shape index (κ3) is 3.84. The molecule has 1 aliphatic rings. The van der Waals surface area contributed by atoms with Crippen LogP contribution < -0.4 is 0 Å². The molecule has 0 aromatic heterocycles. The first kappa shape index (κ1) is 14.2. The molecule has 1 heterocycles. The van der Waals surface area contributed by atoms with Crippen LogP contribution in [0.3, 0.4) is 0 Å². The molecule has 0 aliphatic carbocycles. The molecule has 0 aromatic carbocycles. The first-order valence-corrected chi connectivity index (χ1v) is 6.61. The minimum atomic E-state index is -0.190. The summed E-state index contributed by atoms with van der Waals surface area (Å²) in [4.78, 5) is 13.9. The van der Waals surface area contributed by atoms with Crippen LogP contribution in [0.1, 0.15) is 40.0 Å². The van der Waals surface area contributed by atoms with Gasteiger partial charge in [-0.05, 0) is 38.6 Å². The maximum Gasteiger partial charge on any atom is 0.333 e. The van der Waals surface area contributed by atoms with Crippen molar-refractivity contribution in [1.82, 2.24) is 4.90 Å². The van der Waals surface area contributed by atoms with Crippen molar-refractivity contribution in [3.8, 4) is 0 Å². The van der Waals surface area contributed by atoms with E-state index >= 15 is 0 Å². The lowest BCUT2D eigenvalue weighted by Crippen LogP contribution is -2.42. The van der Waals surface area contributed by atoms with Crippen LogP contribution in [-0.2, 0) is 9.53 Å². The Morgan fingerprint density at radius 2 is 2.18 bits per heavy atom. The Balaban J connectivity index is 2.58. The SMILES string of the molecule is CCC(=CCN1CCCC(C)C1C)C(=O)OC. The molecule has 0 bridgehead atoms. The first-order valence-electron chi connectivity index (χ1n) is 6.61. The molecule has 1 rings (SSSR count). The van der Waals surface area contributed by atoms with E-state index in [1.807, 2.05) is 13.0 Å². The van der Waals surface area contributed by atoms with Crippen LogP contribution in [0.4, 0.5) is 0 Å². The molecule has 2 unspecified atom stereocenters. The number of carbonyl (C=O) groups excluding carboxylic acids is 1. The van der Waals surface area contributed by atoms with E-state index in [-0.39, 0.29) is 5.97 Å². The van der Waals surface area contributed by atoms with Gasteiger partial charge in [-0.3, -0.25) is 4.90 Å². The fraction of sp³-hybridized carbons (Fsp3) is 0.786. The number of hydrogen-bond donors (Lipinski definition) is 0. The van der Waals surface area contributed by atoms with Crippen molar-refractivity contribution in [3.05, 3.63) is 11.6 Å². The summed E-state index contributed by atoms with van der Waals surface area (Å²) in [5, 5.41) is 0. The van der Waals surface area contributed by atoms with Gasteiger partial charge in [-0.2, -0.15) is 0 Å². The lowest BCUT2D eigenvalue weighted by molar-refractivity contribution is -0.136. The minimum absolute atomic E-state index is 0.190. The largest absolute Gasteiger partial charge is 0.466 e. The standard InChI is InChI=1S/C14H25NO2/c1-5-13(14(16)17-4)8-10-15-9-6-7-11(2)12(15)3/h8,11-12H,5-7,9-10H2,1-4H3. The molecule has 1 saturated heterocycles. The molecule has 0 radical (unpaired) electrons. The van der Waals surface area contributed by atoms with Crippen molar-refractivity contribution < 1.29 is 9.53 Å². The van der Waals surface area contributed by atoms with Gasteiger partial charge in [-0.25, -0.2) is 4.79 Å². The number of carbonyl (C=O) groups is 1. The highest BCUT2D eigenvalue weighted by atomic mass is 16.5. The summed E-state index contributed by atoms with van der Waals surface area (Å²) in [5.74, 6) is 0.561. The van der Waals surface area contributed by atoms with Crippen LogP contribution in [0, 0.1) is 5.92 Å². The monoisotopic (exact) mass is 239 g/mol. The van der Waals surface area contributed by atoms with Gasteiger partial charge in [0.1, 0.15) is 0 Å². The van der Waals surface area contributed by atoms with Gasteiger partial charge in [0, 0.05) is 18.2 Å².